The van der Waals surface area contributed by atoms with Crippen molar-refractivity contribution in [3.05, 3.63) is 47.2 Å². The summed E-state index contributed by atoms with van der Waals surface area (Å²) in [4.78, 5) is 22.4. The summed E-state index contributed by atoms with van der Waals surface area (Å²) in [5.74, 6) is -0.998. The maximum absolute atomic E-state index is 13.8. The zero-order valence-corrected chi connectivity index (χ0v) is 17.0. The molecule has 0 bridgehead atoms. The Labute approximate surface area is 170 Å². The molecule has 2 aromatic rings. The number of benzene rings is 1. The largest absolute Gasteiger partial charge is 0.354 e. The molecule has 2 N–H and O–H groups in total. The molecule has 0 saturated carbocycles. The summed E-state index contributed by atoms with van der Waals surface area (Å²) in [5.41, 5.74) is 0.274. The molecule has 1 heterocycles. The van der Waals surface area contributed by atoms with Crippen molar-refractivity contribution >= 4 is 29.8 Å². The normalized spacial score (nSPS) is 11.2. The Morgan fingerprint density at radius 2 is 1.86 bits per heavy atom. The van der Waals surface area contributed by atoms with E-state index in [-0.39, 0.29) is 17.3 Å². The van der Waals surface area contributed by atoms with E-state index in [4.69, 9.17) is 0 Å². The molecule has 0 aliphatic heterocycles. The summed E-state index contributed by atoms with van der Waals surface area (Å²) in [5, 5.41) is 5.77. The van der Waals surface area contributed by atoms with Gasteiger partial charge in [0.15, 0.2) is 0 Å². The fraction of sp³-hybridized carbons (Fsp3) is 0.381. The van der Waals surface area contributed by atoms with Crippen molar-refractivity contribution < 1.29 is 13.6 Å². The standard InChI is InChI=1S/C21H27F2N5O/c1-4-28(5-2)13-7-12-24-21-25-14-16(20(27-21)26-15(3)29)10-11-17-18(22)8-6-9-19(17)23/h6,8-11,14H,4-5,7,12-13H2,1-3H3,(H2,24,25,26,27,29)/b11-10-. The number of nitrogens with zero attached hydrogens (tertiary/aromatic N) is 3. The smallest absolute Gasteiger partial charge is 0.224 e. The predicted molar refractivity (Wildman–Crippen MR) is 113 cm³/mol. The SMILES string of the molecule is CCN(CC)CCCNc1ncc(/C=C\c2c(F)cccc2F)c(NC(C)=O)n1. The van der Waals surface area contributed by atoms with Gasteiger partial charge >= 0.3 is 0 Å². The van der Waals surface area contributed by atoms with E-state index in [9.17, 15) is 13.6 Å². The van der Waals surface area contributed by atoms with Gasteiger partial charge in [-0.2, -0.15) is 4.98 Å². The Kier molecular flexibility index (Phi) is 8.67. The Hall–Kier alpha value is -2.87. The molecular weight excluding hydrogens is 376 g/mol. The highest BCUT2D eigenvalue weighted by Gasteiger charge is 2.09. The third-order valence-electron chi connectivity index (χ3n) is 4.37. The fourth-order valence-electron chi connectivity index (χ4n) is 2.75. The molecule has 29 heavy (non-hydrogen) atoms. The van der Waals surface area contributed by atoms with Gasteiger partial charge < -0.3 is 15.5 Å². The second-order valence-electron chi connectivity index (χ2n) is 6.45. The molecule has 0 spiro atoms. The molecule has 156 valence electrons. The quantitative estimate of drug-likeness (QED) is 0.586. The average molecular weight is 403 g/mol. The van der Waals surface area contributed by atoms with Crippen LogP contribution in [0.3, 0.4) is 0 Å². The van der Waals surface area contributed by atoms with Crippen LogP contribution in [0.4, 0.5) is 20.5 Å². The number of amides is 1. The van der Waals surface area contributed by atoms with Crippen molar-refractivity contribution in [3.8, 4) is 0 Å². The number of rotatable bonds is 10. The first-order valence-electron chi connectivity index (χ1n) is 9.67. The molecule has 0 radical (unpaired) electrons. The van der Waals surface area contributed by atoms with Crippen molar-refractivity contribution in [2.45, 2.75) is 27.2 Å². The molecule has 0 atom stereocenters. The van der Waals surface area contributed by atoms with E-state index in [2.05, 4.69) is 39.3 Å². The second-order valence-corrected chi connectivity index (χ2v) is 6.45. The van der Waals surface area contributed by atoms with Gasteiger partial charge in [-0.15, -0.1) is 0 Å². The number of carbonyl (C=O) groups excluding carboxylic acids is 1. The lowest BCUT2D eigenvalue weighted by molar-refractivity contribution is -0.114. The number of hydrogen-bond acceptors (Lipinski definition) is 5. The van der Waals surface area contributed by atoms with Crippen molar-refractivity contribution in [1.29, 1.82) is 0 Å². The zero-order chi connectivity index (χ0) is 21.2. The van der Waals surface area contributed by atoms with Gasteiger partial charge in [-0.25, -0.2) is 13.8 Å². The lowest BCUT2D eigenvalue weighted by Gasteiger charge is -2.17. The van der Waals surface area contributed by atoms with E-state index in [1.807, 2.05) is 0 Å². The van der Waals surface area contributed by atoms with Gasteiger partial charge in [-0.05, 0) is 50.3 Å². The lowest BCUT2D eigenvalue weighted by atomic mass is 10.1. The number of carbonyl (C=O) groups is 1. The summed E-state index contributed by atoms with van der Waals surface area (Å²) in [6.45, 7) is 9.27. The summed E-state index contributed by atoms with van der Waals surface area (Å²) in [6.07, 6.45) is 5.19. The van der Waals surface area contributed by atoms with Crippen LogP contribution in [0.1, 0.15) is 38.3 Å². The molecule has 8 heteroatoms. The van der Waals surface area contributed by atoms with Gasteiger partial charge in [0.2, 0.25) is 11.9 Å². The van der Waals surface area contributed by atoms with E-state index in [0.29, 0.717) is 18.1 Å². The molecule has 2 rings (SSSR count). The van der Waals surface area contributed by atoms with Crippen LogP contribution >= 0.6 is 0 Å². The highest BCUT2D eigenvalue weighted by Crippen LogP contribution is 2.20. The minimum Gasteiger partial charge on any atom is -0.354 e. The topological polar surface area (TPSA) is 70.2 Å². The number of anilines is 2. The summed E-state index contributed by atoms with van der Waals surface area (Å²) in [7, 11) is 0. The van der Waals surface area contributed by atoms with E-state index in [0.717, 1.165) is 26.1 Å². The highest BCUT2D eigenvalue weighted by molar-refractivity contribution is 5.91. The van der Waals surface area contributed by atoms with Crippen LogP contribution in [0, 0.1) is 11.6 Å². The third kappa shape index (κ3) is 6.90. The highest BCUT2D eigenvalue weighted by atomic mass is 19.1. The summed E-state index contributed by atoms with van der Waals surface area (Å²) >= 11 is 0. The molecule has 0 aliphatic rings. The summed E-state index contributed by atoms with van der Waals surface area (Å²) < 4.78 is 27.6. The molecule has 0 saturated heterocycles. The van der Waals surface area contributed by atoms with Gasteiger partial charge in [-0.1, -0.05) is 19.9 Å². The summed E-state index contributed by atoms with van der Waals surface area (Å²) in [6, 6.07) is 3.66. The van der Waals surface area contributed by atoms with Crippen molar-refractivity contribution in [2.24, 2.45) is 0 Å². The molecule has 1 aromatic carbocycles. The fourth-order valence-corrected chi connectivity index (χ4v) is 2.75. The van der Waals surface area contributed by atoms with Crippen LogP contribution < -0.4 is 10.6 Å². The number of halogens is 2. The average Bonchev–Trinajstić information content (AvgIpc) is 2.68. The van der Waals surface area contributed by atoms with Crippen LogP contribution in [0.15, 0.2) is 24.4 Å². The first-order chi connectivity index (χ1) is 13.9. The zero-order valence-electron chi connectivity index (χ0n) is 17.0. The monoisotopic (exact) mass is 403 g/mol. The minimum atomic E-state index is -0.672. The Morgan fingerprint density at radius 3 is 2.48 bits per heavy atom. The lowest BCUT2D eigenvalue weighted by Crippen LogP contribution is -2.25. The van der Waals surface area contributed by atoms with Crippen LogP contribution in [-0.4, -0.2) is 47.0 Å². The number of hydrogen-bond donors (Lipinski definition) is 2. The third-order valence-corrected chi connectivity index (χ3v) is 4.37. The molecule has 1 amide bonds. The second kappa shape index (κ2) is 11.2. The van der Waals surface area contributed by atoms with E-state index < -0.39 is 11.6 Å². The molecule has 0 aliphatic carbocycles. The first kappa shape index (κ1) is 22.4. The predicted octanol–water partition coefficient (Wildman–Crippen LogP) is 4.03. The molecule has 0 unspecified atom stereocenters. The van der Waals surface area contributed by atoms with Crippen LogP contribution in [0.25, 0.3) is 12.2 Å². The van der Waals surface area contributed by atoms with Gasteiger partial charge in [0.1, 0.15) is 17.5 Å². The van der Waals surface area contributed by atoms with Crippen LogP contribution in [0.5, 0.6) is 0 Å². The van der Waals surface area contributed by atoms with Crippen LogP contribution in [-0.2, 0) is 4.79 Å². The van der Waals surface area contributed by atoms with Crippen molar-refractivity contribution in [3.63, 3.8) is 0 Å². The van der Waals surface area contributed by atoms with Gasteiger partial charge in [0, 0.05) is 30.8 Å². The maximum Gasteiger partial charge on any atom is 0.224 e. The van der Waals surface area contributed by atoms with Gasteiger partial charge in [0.05, 0.1) is 0 Å². The Balaban J connectivity index is 2.12. The van der Waals surface area contributed by atoms with Crippen molar-refractivity contribution in [2.75, 3.05) is 36.8 Å². The number of nitrogens with one attached hydrogen (secondary N) is 2. The van der Waals surface area contributed by atoms with E-state index >= 15 is 0 Å². The van der Waals surface area contributed by atoms with Gasteiger partial charge in [0.25, 0.3) is 0 Å². The molecular formula is C21H27F2N5O. The molecule has 6 nitrogen and oxygen atoms in total. The van der Waals surface area contributed by atoms with Crippen molar-refractivity contribution in [1.82, 2.24) is 14.9 Å². The first-order valence-corrected chi connectivity index (χ1v) is 9.67. The van der Waals surface area contributed by atoms with Gasteiger partial charge in [-0.3, -0.25) is 4.79 Å². The molecule has 1 aromatic heterocycles. The maximum atomic E-state index is 13.8. The van der Waals surface area contributed by atoms with E-state index in [1.54, 1.807) is 0 Å². The van der Waals surface area contributed by atoms with Crippen LogP contribution in [0.2, 0.25) is 0 Å². The minimum absolute atomic E-state index is 0.167. The Bertz CT molecular complexity index is 833. The number of aromatic nitrogens is 2. The molecule has 0 fully saturated rings. The Morgan fingerprint density at radius 1 is 1.17 bits per heavy atom. The van der Waals surface area contributed by atoms with E-state index in [1.165, 1.54) is 43.5 Å².